The number of benzene rings is 1. The van der Waals surface area contributed by atoms with Crippen molar-refractivity contribution >= 4 is 21.6 Å². The van der Waals surface area contributed by atoms with Gasteiger partial charge in [0.25, 0.3) is 0 Å². The Bertz CT molecular complexity index is 649. The third kappa shape index (κ3) is 1.43. The lowest BCUT2D eigenvalue weighted by atomic mass is 9.88. The molecule has 0 amide bonds. The molecular weight excluding hydrogens is 299 g/mol. The van der Waals surface area contributed by atoms with E-state index in [9.17, 15) is 4.39 Å². The fourth-order valence-electron chi connectivity index (χ4n) is 2.41. The highest BCUT2D eigenvalue weighted by molar-refractivity contribution is 9.10. The van der Waals surface area contributed by atoms with Crippen LogP contribution in [0.5, 0.6) is 0 Å². The maximum Gasteiger partial charge on any atom is 0.181 e. The Morgan fingerprint density at radius 3 is 2.89 bits per heavy atom. The SMILES string of the molecule is Cc1c(Br)c(F)cc2c1-c1ocnc1C(C)(C)N2. The predicted molar refractivity (Wildman–Crippen MR) is 71.0 cm³/mol. The van der Waals surface area contributed by atoms with Crippen LogP contribution in [-0.2, 0) is 5.54 Å². The van der Waals surface area contributed by atoms with Crippen LogP contribution in [0.2, 0.25) is 0 Å². The first-order valence-corrected chi connectivity index (χ1v) is 6.42. The largest absolute Gasteiger partial charge is 0.443 e. The fourth-order valence-corrected chi connectivity index (χ4v) is 2.72. The van der Waals surface area contributed by atoms with Crippen LogP contribution < -0.4 is 5.32 Å². The molecule has 3 rings (SSSR count). The Balaban J connectivity index is 2.38. The zero-order valence-corrected chi connectivity index (χ0v) is 11.9. The van der Waals surface area contributed by atoms with Gasteiger partial charge in [-0.05, 0) is 48.3 Å². The summed E-state index contributed by atoms with van der Waals surface area (Å²) in [5.74, 6) is 0.435. The second-order valence-corrected chi connectivity index (χ2v) is 5.79. The Labute approximate surface area is 113 Å². The summed E-state index contributed by atoms with van der Waals surface area (Å²) in [7, 11) is 0. The summed E-state index contributed by atoms with van der Waals surface area (Å²) < 4.78 is 19.8. The van der Waals surface area contributed by atoms with Crippen molar-refractivity contribution < 1.29 is 8.81 Å². The van der Waals surface area contributed by atoms with Gasteiger partial charge in [-0.1, -0.05) is 0 Å². The molecule has 18 heavy (non-hydrogen) atoms. The van der Waals surface area contributed by atoms with E-state index >= 15 is 0 Å². The molecule has 1 aliphatic heterocycles. The Hall–Kier alpha value is -1.36. The molecule has 0 aliphatic carbocycles. The predicted octanol–water partition coefficient (Wildman–Crippen LogP) is 4.21. The maximum atomic E-state index is 13.8. The number of oxazole rings is 1. The summed E-state index contributed by atoms with van der Waals surface area (Å²) in [5.41, 5.74) is 2.89. The lowest BCUT2D eigenvalue weighted by molar-refractivity contribution is 0.546. The minimum atomic E-state index is -0.373. The second kappa shape index (κ2) is 3.57. The standard InChI is InChI=1S/C13H12BrFN2O/c1-6-9-8(4-7(15)10(6)14)17-13(2,3)12-11(9)18-5-16-12/h4-5,17H,1-3H3. The van der Waals surface area contributed by atoms with Gasteiger partial charge in [0.1, 0.15) is 11.5 Å². The van der Waals surface area contributed by atoms with E-state index in [1.54, 1.807) is 0 Å². The van der Waals surface area contributed by atoms with E-state index in [1.807, 2.05) is 20.8 Å². The number of nitrogens with one attached hydrogen (secondary N) is 1. The van der Waals surface area contributed by atoms with Gasteiger partial charge in [-0.2, -0.15) is 0 Å². The molecule has 0 atom stereocenters. The minimum Gasteiger partial charge on any atom is -0.443 e. The molecule has 0 saturated carbocycles. The number of nitrogens with zero attached hydrogens (tertiary/aromatic N) is 1. The van der Waals surface area contributed by atoms with Crippen LogP contribution in [0.4, 0.5) is 10.1 Å². The van der Waals surface area contributed by atoms with Gasteiger partial charge in [0.05, 0.1) is 10.0 Å². The van der Waals surface area contributed by atoms with Gasteiger partial charge in [0, 0.05) is 11.3 Å². The van der Waals surface area contributed by atoms with Crippen LogP contribution >= 0.6 is 15.9 Å². The van der Waals surface area contributed by atoms with Crippen LogP contribution in [-0.4, -0.2) is 4.98 Å². The molecule has 0 bridgehead atoms. The number of halogens is 2. The number of hydrogen-bond acceptors (Lipinski definition) is 3. The van der Waals surface area contributed by atoms with E-state index in [1.165, 1.54) is 12.5 Å². The number of rotatable bonds is 0. The van der Waals surface area contributed by atoms with Crippen LogP contribution in [0, 0.1) is 12.7 Å². The molecule has 1 aromatic carbocycles. The molecule has 0 fully saturated rings. The minimum absolute atomic E-state index is 0.280. The van der Waals surface area contributed by atoms with E-state index in [4.69, 9.17) is 4.42 Å². The molecule has 1 N–H and O–H groups in total. The van der Waals surface area contributed by atoms with E-state index in [0.29, 0.717) is 10.2 Å². The van der Waals surface area contributed by atoms with Crippen LogP contribution in [0.1, 0.15) is 25.1 Å². The average molecular weight is 311 g/mol. The van der Waals surface area contributed by atoms with E-state index in [0.717, 1.165) is 22.5 Å². The lowest BCUT2D eigenvalue weighted by Gasteiger charge is -2.32. The molecule has 1 aliphatic rings. The summed E-state index contributed by atoms with van der Waals surface area (Å²) in [4.78, 5) is 4.26. The summed E-state index contributed by atoms with van der Waals surface area (Å²) >= 11 is 3.26. The number of fused-ring (bicyclic) bond motifs is 3. The molecule has 5 heteroatoms. The molecule has 2 aromatic rings. The number of aromatic nitrogens is 1. The molecule has 1 aromatic heterocycles. The van der Waals surface area contributed by atoms with E-state index < -0.39 is 0 Å². The first-order chi connectivity index (χ1) is 8.42. The van der Waals surface area contributed by atoms with Crippen molar-refractivity contribution in [1.29, 1.82) is 0 Å². The van der Waals surface area contributed by atoms with Crippen molar-refractivity contribution in [2.45, 2.75) is 26.3 Å². The molecule has 3 nitrogen and oxygen atoms in total. The third-order valence-corrected chi connectivity index (χ3v) is 4.26. The Morgan fingerprint density at radius 1 is 1.44 bits per heavy atom. The van der Waals surface area contributed by atoms with Gasteiger partial charge in [-0.3, -0.25) is 0 Å². The van der Waals surface area contributed by atoms with E-state index in [2.05, 4.69) is 26.2 Å². The number of hydrogen-bond donors (Lipinski definition) is 1. The highest BCUT2D eigenvalue weighted by Crippen LogP contribution is 2.46. The molecule has 0 saturated heterocycles. The van der Waals surface area contributed by atoms with Gasteiger partial charge < -0.3 is 9.73 Å². The van der Waals surface area contributed by atoms with Crippen molar-refractivity contribution in [2.75, 3.05) is 5.32 Å². The average Bonchev–Trinajstić information content (AvgIpc) is 2.75. The first kappa shape index (κ1) is 11.7. The summed E-state index contributed by atoms with van der Waals surface area (Å²) in [6.07, 6.45) is 1.43. The smallest absolute Gasteiger partial charge is 0.181 e. The highest BCUT2D eigenvalue weighted by atomic mass is 79.9. The molecule has 2 heterocycles. The lowest BCUT2D eigenvalue weighted by Crippen LogP contribution is -2.32. The van der Waals surface area contributed by atoms with Crippen molar-refractivity contribution in [1.82, 2.24) is 4.98 Å². The second-order valence-electron chi connectivity index (χ2n) is 5.00. The molecular formula is C13H12BrFN2O. The zero-order chi connectivity index (χ0) is 13.1. The number of anilines is 1. The summed E-state index contributed by atoms with van der Waals surface area (Å²) in [6, 6.07) is 1.49. The Kier molecular flexibility index (Phi) is 2.32. The molecule has 0 radical (unpaired) electrons. The summed E-state index contributed by atoms with van der Waals surface area (Å²) in [6.45, 7) is 5.84. The van der Waals surface area contributed by atoms with Crippen molar-refractivity contribution in [3.8, 4) is 11.3 Å². The van der Waals surface area contributed by atoms with Crippen molar-refractivity contribution in [2.24, 2.45) is 0 Å². The first-order valence-electron chi connectivity index (χ1n) is 5.63. The quantitative estimate of drug-likeness (QED) is 0.792. The normalized spacial score (nSPS) is 15.8. The van der Waals surface area contributed by atoms with Gasteiger partial charge in [0.15, 0.2) is 12.2 Å². The van der Waals surface area contributed by atoms with Gasteiger partial charge in [-0.15, -0.1) is 0 Å². The highest BCUT2D eigenvalue weighted by Gasteiger charge is 2.36. The van der Waals surface area contributed by atoms with Gasteiger partial charge in [0.2, 0.25) is 0 Å². The molecule has 94 valence electrons. The van der Waals surface area contributed by atoms with Gasteiger partial charge in [-0.25, -0.2) is 9.37 Å². The van der Waals surface area contributed by atoms with Crippen molar-refractivity contribution in [3.63, 3.8) is 0 Å². The van der Waals surface area contributed by atoms with Gasteiger partial charge >= 0.3 is 0 Å². The maximum absolute atomic E-state index is 13.8. The molecule has 0 spiro atoms. The van der Waals surface area contributed by atoms with Crippen LogP contribution in [0.25, 0.3) is 11.3 Å². The Morgan fingerprint density at radius 2 is 2.17 bits per heavy atom. The van der Waals surface area contributed by atoms with Crippen LogP contribution in [0.3, 0.4) is 0 Å². The monoisotopic (exact) mass is 310 g/mol. The van der Waals surface area contributed by atoms with Crippen molar-refractivity contribution in [3.05, 3.63) is 34.0 Å². The zero-order valence-electron chi connectivity index (χ0n) is 10.3. The topological polar surface area (TPSA) is 38.1 Å². The third-order valence-electron chi connectivity index (χ3n) is 3.29. The van der Waals surface area contributed by atoms with E-state index in [-0.39, 0.29) is 11.4 Å². The fraction of sp³-hybridized carbons (Fsp3) is 0.308. The van der Waals surface area contributed by atoms with Crippen LogP contribution in [0.15, 0.2) is 21.3 Å². The summed E-state index contributed by atoms with van der Waals surface area (Å²) in [5, 5.41) is 3.30. The molecule has 0 unspecified atom stereocenters.